The summed E-state index contributed by atoms with van der Waals surface area (Å²) in [5.41, 5.74) is 5.84. The molecular weight excluding hydrogens is 240 g/mol. The van der Waals surface area contributed by atoms with Gasteiger partial charge < -0.3 is 15.8 Å². The van der Waals surface area contributed by atoms with E-state index in [0.717, 1.165) is 5.75 Å². The standard InChI is InChI=1S/C11H14N2O3S/c1-17-6-5-16-10(14)8-3-2-4-9(7-8)13-11(12)15/h2-4,7H,5-6H2,1H3,(H3,12,13,15). The Bertz CT molecular complexity index is 409. The van der Waals surface area contributed by atoms with E-state index in [9.17, 15) is 9.59 Å². The van der Waals surface area contributed by atoms with E-state index < -0.39 is 12.0 Å². The maximum absolute atomic E-state index is 11.6. The Labute approximate surface area is 104 Å². The molecule has 0 spiro atoms. The second-order valence-electron chi connectivity index (χ2n) is 3.20. The molecule has 0 unspecified atom stereocenters. The molecule has 0 saturated carbocycles. The van der Waals surface area contributed by atoms with Crippen LogP contribution in [0.4, 0.5) is 10.5 Å². The number of carbonyl (C=O) groups excluding carboxylic acids is 2. The van der Waals surface area contributed by atoms with E-state index in [1.165, 1.54) is 6.07 Å². The van der Waals surface area contributed by atoms with Gasteiger partial charge in [-0.15, -0.1) is 0 Å². The van der Waals surface area contributed by atoms with Crippen molar-refractivity contribution in [3.63, 3.8) is 0 Å². The van der Waals surface area contributed by atoms with Gasteiger partial charge in [-0.2, -0.15) is 11.8 Å². The van der Waals surface area contributed by atoms with Crippen molar-refractivity contribution in [1.29, 1.82) is 0 Å². The molecule has 0 aliphatic heterocycles. The highest BCUT2D eigenvalue weighted by Crippen LogP contribution is 2.11. The highest BCUT2D eigenvalue weighted by molar-refractivity contribution is 7.98. The van der Waals surface area contributed by atoms with E-state index in [0.29, 0.717) is 17.9 Å². The summed E-state index contributed by atoms with van der Waals surface area (Å²) in [5.74, 6) is 0.345. The van der Waals surface area contributed by atoms with Crippen molar-refractivity contribution >= 4 is 29.4 Å². The number of benzene rings is 1. The topological polar surface area (TPSA) is 81.4 Å². The monoisotopic (exact) mass is 254 g/mol. The Balaban J connectivity index is 2.63. The van der Waals surface area contributed by atoms with Gasteiger partial charge in [-0.1, -0.05) is 6.07 Å². The first-order chi connectivity index (χ1) is 8.13. The van der Waals surface area contributed by atoms with Gasteiger partial charge in [0.2, 0.25) is 0 Å². The number of carbonyl (C=O) groups is 2. The molecule has 1 rings (SSSR count). The third-order valence-corrected chi connectivity index (χ3v) is 2.46. The number of primary amides is 1. The SMILES string of the molecule is CSCCOC(=O)c1cccc(NC(N)=O)c1. The number of anilines is 1. The highest BCUT2D eigenvalue weighted by Gasteiger charge is 2.07. The summed E-state index contributed by atoms with van der Waals surface area (Å²) in [5, 5.41) is 2.39. The summed E-state index contributed by atoms with van der Waals surface area (Å²) in [6.07, 6.45) is 1.94. The zero-order valence-electron chi connectivity index (χ0n) is 9.43. The number of thioether (sulfide) groups is 1. The van der Waals surface area contributed by atoms with E-state index >= 15 is 0 Å². The van der Waals surface area contributed by atoms with Crippen LogP contribution in [0.2, 0.25) is 0 Å². The number of nitrogens with two attached hydrogens (primary N) is 1. The molecule has 2 amide bonds. The number of amides is 2. The molecule has 3 N–H and O–H groups in total. The molecule has 0 saturated heterocycles. The predicted molar refractivity (Wildman–Crippen MR) is 68.3 cm³/mol. The summed E-state index contributed by atoms with van der Waals surface area (Å²) in [6, 6.07) is 5.76. The number of nitrogens with one attached hydrogen (secondary N) is 1. The molecule has 0 bridgehead atoms. The second-order valence-corrected chi connectivity index (χ2v) is 4.18. The third-order valence-electron chi connectivity index (χ3n) is 1.89. The van der Waals surface area contributed by atoms with Crippen molar-refractivity contribution in [2.24, 2.45) is 5.73 Å². The lowest BCUT2D eigenvalue weighted by Gasteiger charge is -2.06. The minimum Gasteiger partial charge on any atom is -0.461 e. The lowest BCUT2D eigenvalue weighted by Crippen LogP contribution is -2.19. The molecule has 0 heterocycles. The minimum atomic E-state index is -0.669. The van der Waals surface area contributed by atoms with Gasteiger partial charge in [-0.05, 0) is 24.5 Å². The summed E-state index contributed by atoms with van der Waals surface area (Å²) >= 11 is 1.60. The number of rotatable bonds is 5. The number of hydrogen-bond acceptors (Lipinski definition) is 4. The Morgan fingerprint density at radius 1 is 1.47 bits per heavy atom. The van der Waals surface area contributed by atoms with Crippen LogP contribution < -0.4 is 11.1 Å². The first-order valence-corrected chi connectivity index (χ1v) is 6.35. The quantitative estimate of drug-likeness (QED) is 0.619. The van der Waals surface area contributed by atoms with Crippen LogP contribution in [0.15, 0.2) is 24.3 Å². The second kappa shape index (κ2) is 6.80. The van der Waals surface area contributed by atoms with Crippen molar-refractivity contribution in [2.45, 2.75) is 0 Å². The minimum absolute atomic E-state index is 0.369. The Morgan fingerprint density at radius 2 is 2.24 bits per heavy atom. The van der Waals surface area contributed by atoms with Crippen LogP contribution in [0.25, 0.3) is 0 Å². The van der Waals surface area contributed by atoms with Gasteiger partial charge >= 0.3 is 12.0 Å². The molecule has 17 heavy (non-hydrogen) atoms. The summed E-state index contributed by atoms with van der Waals surface area (Å²) in [7, 11) is 0. The molecule has 92 valence electrons. The average molecular weight is 254 g/mol. The maximum atomic E-state index is 11.6. The van der Waals surface area contributed by atoms with Gasteiger partial charge in [-0.3, -0.25) is 0 Å². The zero-order valence-corrected chi connectivity index (χ0v) is 10.3. The molecule has 0 atom stereocenters. The summed E-state index contributed by atoms with van der Waals surface area (Å²) < 4.78 is 5.02. The van der Waals surface area contributed by atoms with E-state index in [1.807, 2.05) is 6.26 Å². The maximum Gasteiger partial charge on any atom is 0.338 e. The van der Waals surface area contributed by atoms with Crippen LogP contribution in [0, 0.1) is 0 Å². The van der Waals surface area contributed by atoms with Gasteiger partial charge in [0.05, 0.1) is 5.56 Å². The van der Waals surface area contributed by atoms with Crippen LogP contribution in [-0.4, -0.2) is 30.6 Å². The van der Waals surface area contributed by atoms with Gasteiger partial charge in [-0.25, -0.2) is 9.59 Å². The number of urea groups is 1. The summed E-state index contributed by atoms with van der Waals surface area (Å²) in [6.45, 7) is 0.369. The fourth-order valence-corrected chi connectivity index (χ4v) is 1.42. The van der Waals surface area contributed by atoms with E-state index in [2.05, 4.69) is 5.32 Å². The van der Waals surface area contributed by atoms with Crippen LogP contribution in [0.1, 0.15) is 10.4 Å². The van der Waals surface area contributed by atoms with E-state index in [4.69, 9.17) is 10.5 Å². The Hall–Kier alpha value is -1.69. The fraction of sp³-hybridized carbons (Fsp3) is 0.273. The summed E-state index contributed by atoms with van der Waals surface area (Å²) in [4.78, 5) is 22.2. The normalized spacial score (nSPS) is 9.71. The highest BCUT2D eigenvalue weighted by atomic mass is 32.2. The largest absolute Gasteiger partial charge is 0.461 e. The molecule has 0 aromatic heterocycles. The molecule has 0 aliphatic carbocycles. The van der Waals surface area contributed by atoms with Crippen LogP contribution >= 0.6 is 11.8 Å². The van der Waals surface area contributed by atoms with Crippen molar-refractivity contribution < 1.29 is 14.3 Å². The van der Waals surface area contributed by atoms with Crippen molar-refractivity contribution in [3.05, 3.63) is 29.8 Å². The molecule has 5 nitrogen and oxygen atoms in total. The lowest BCUT2D eigenvalue weighted by molar-refractivity contribution is 0.0530. The number of esters is 1. The van der Waals surface area contributed by atoms with Gasteiger partial charge in [0, 0.05) is 11.4 Å². The number of hydrogen-bond donors (Lipinski definition) is 2. The third kappa shape index (κ3) is 4.78. The van der Waals surface area contributed by atoms with Gasteiger partial charge in [0.15, 0.2) is 0 Å². The van der Waals surface area contributed by atoms with E-state index in [-0.39, 0.29) is 0 Å². The predicted octanol–water partition coefficient (Wildman–Crippen LogP) is 1.70. The zero-order chi connectivity index (χ0) is 12.7. The van der Waals surface area contributed by atoms with Crippen molar-refractivity contribution in [1.82, 2.24) is 0 Å². The molecule has 0 aliphatic rings. The lowest BCUT2D eigenvalue weighted by atomic mass is 10.2. The van der Waals surface area contributed by atoms with E-state index in [1.54, 1.807) is 30.0 Å². The fourth-order valence-electron chi connectivity index (χ4n) is 1.17. The van der Waals surface area contributed by atoms with Crippen LogP contribution in [0.3, 0.4) is 0 Å². The molecule has 0 fully saturated rings. The first kappa shape index (κ1) is 13.4. The van der Waals surface area contributed by atoms with Crippen molar-refractivity contribution in [3.8, 4) is 0 Å². The average Bonchev–Trinajstić information content (AvgIpc) is 2.28. The van der Waals surface area contributed by atoms with Gasteiger partial charge in [0.1, 0.15) is 6.61 Å². The van der Waals surface area contributed by atoms with Crippen molar-refractivity contribution in [2.75, 3.05) is 23.9 Å². The first-order valence-electron chi connectivity index (χ1n) is 4.96. The molecule has 1 aromatic carbocycles. The van der Waals surface area contributed by atoms with Gasteiger partial charge in [0.25, 0.3) is 0 Å². The molecule has 1 aromatic rings. The molecule has 0 radical (unpaired) electrons. The molecule has 6 heteroatoms. The van der Waals surface area contributed by atoms with Crippen LogP contribution in [-0.2, 0) is 4.74 Å². The smallest absolute Gasteiger partial charge is 0.338 e. The molecular formula is C11H14N2O3S. The Morgan fingerprint density at radius 3 is 2.88 bits per heavy atom. The van der Waals surface area contributed by atoms with Crippen LogP contribution in [0.5, 0.6) is 0 Å². The number of ether oxygens (including phenoxy) is 1. The Kier molecular flexibility index (Phi) is 5.35.